The van der Waals surface area contributed by atoms with E-state index in [1.54, 1.807) is 24.4 Å². The number of aliphatic hydroxyl groups is 3. The summed E-state index contributed by atoms with van der Waals surface area (Å²) in [6, 6.07) is 4.53. The number of phenolic OH excluding ortho intramolecular Hbond substituents is 1. The second kappa shape index (κ2) is 13.6. The Morgan fingerprint density at radius 1 is 1.10 bits per heavy atom. The van der Waals surface area contributed by atoms with Crippen LogP contribution in [0.3, 0.4) is 0 Å². The van der Waals surface area contributed by atoms with Crippen molar-refractivity contribution in [3.05, 3.63) is 47.3 Å². The van der Waals surface area contributed by atoms with Crippen LogP contribution in [-0.4, -0.2) is 66.7 Å². The Morgan fingerprint density at radius 2 is 1.88 bits per heavy atom. The van der Waals surface area contributed by atoms with E-state index < -0.39 is 17.7 Å². The van der Waals surface area contributed by atoms with Crippen LogP contribution in [-0.2, 0) is 11.3 Å². The second-order valence-corrected chi connectivity index (χ2v) is 11.9. The number of oxime groups is 1. The van der Waals surface area contributed by atoms with Crippen molar-refractivity contribution in [1.82, 2.24) is 15.0 Å². The highest BCUT2D eigenvalue weighted by Gasteiger charge is 2.63. The summed E-state index contributed by atoms with van der Waals surface area (Å²) in [5.74, 6) is -1.34. The van der Waals surface area contributed by atoms with Crippen molar-refractivity contribution >= 4 is 5.71 Å². The van der Waals surface area contributed by atoms with Crippen LogP contribution in [0.4, 0.5) is 0 Å². The van der Waals surface area contributed by atoms with E-state index in [0.29, 0.717) is 25.2 Å². The first kappa shape index (κ1) is 30.5. The quantitative estimate of drug-likeness (QED) is 0.186. The summed E-state index contributed by atoms with van der Waals surface area (Å²) in [6.07, 6.45) is 12.0. The van der Waals surface area contributed by atoms with E-state index in [2.05, 4.69) is 28.5 Å². The number of aromatic hydroxyl groups is 1. The van der Waals surface area contributed by atoms with Crippen molar-refractivity contribution in [2.75, 3.05) is 19.8 Å². The molecule has 4 N–H and O–H groups in total. The van der Waals surface area contributed by atoms with Crippen LogP contribution in [0, 0.1) is 17.8 Å². The number of fused-ring (bicyclic) bond motifs is 2. The molecule has 42 heavy (non-hydrogen) atoms. The number of allylic oxidation sites excluding steroid dienone is 1. The van der Waals surface area contributed by atoms with Gasteiger partial charge in [0, 0.05) is 31.1 Å². The van der Waals surface area contributed by atoms with Gasteiger partial charge < -0.3 is 30.0 Å². The molecule has 0 radical (unpaired) electrons. The lowest BCUT2D eigenvalue weighted by atomic mass is 9.55. The van der Waals surface area contributed by atoms with Gasteiger partial charge in [-0.2, -0.15) is 0 Å². The molecular weight excluding hydrogens is 536 g/mol. The first-order valence-corrected chi connectivity index (χ1v) is 15.7. The number of hydrogen-bond acceptors (Lipinski definition) is 9. The minimum absolute atomic E-state index is 0.113. The number of phenols is 1. The first-order chi connectivity index (χ1) is 20.5. The molecule has 3 aliphatic rings. The van der Waals surface area contributed by atoms with Crippen LogP contribution < -0.4 is 4.74 Å². The summed E-state index contributed by atoms with van der Waals surface area (Å²) < 4.78 is 8.44. The third-order valence-corrected chi connectivity index (χ3v) is 9.29. The highest BCUT2D eigenvalue weighted by Crippen LogP contribution is 2.62. The van der Waals surface area contributed by atoms with Crippen LogP contribution in [0.2, 0.25) is 0 Å². The number of unbranched alkanes of at least 4 members (excludes halogenated alkanes) is 3. The summed E-state index contributed by atoms with van der Waals surface area (Å²) in [5, 5.41) is 55.9. The van der Waals surface area contributed by atoms with Gasteiger partial charge in [-0.05, 0) is 81.1 Å². The van der Waals surface area contributed by atoms with Gasteiger partial charge >= 0.3 is 0 Å². The predicted octanol–water partition coefficient (Wildman–Crippen LogP) is 4.64. The summed E-state index contributed by atoms with van der Waals surface area (Å²) in [7, 11) is 0. The third kappa shape index (κ3) is 5.81. The topological polar surface area (TPSA) is 142 Å². The van der Waals surface area contributed by atoms with E-state index in [1.165, 1.54) is 0 Å². The van der Waals surface area contributed by atoms with Crippen LogP contribution >= 0.6 is 0 Å². The zero-order chi connectivity index (χ0) is 29.7. The molecule has 6 unspecified atom stereocenters. The van der Waals surface area contributed by atoms with E-state index in [9.17, 15) is 20.4 Å². The number of benzene rings is 1. The Hall–Kier alpha value is -2.95. The van der Waals surface area contributed by atoms with Gasteiger partial charge in [0.25, 0.3) is 0 Å². The fourth-order valence-electron chi connectivity index (χ4n) is 7.42. The number of ether oxygens (including phenoxy) is 1. The van der Waals surface area contributed by atoms with Gasteiger partial charge in [-0.25, -0.2) is 4.68 Å². The summed E-state index contributed by atoms with van der Waals surface area (Å²) in [4.78, 5) is 5.65. The van der Waals surface area contributed by atoms with Crippen LogP contribution in [0.25, 0.3) is 0 Å². The minimum atomic E-state index is -1.65. The Morgan fingerprint density at radius 3 is 2.62 bits per heavy atom. The van der Waals surface area contributed by atoms with Crippen molar-refractivity contribution in [2.24, 2.45) is 22.9 Å². The fraction of sp³-hybridized carbons (Fsp3) is 0.656. The molecule has 6 atom stereocenters. The summed E-state index contributed by atoms with van der Waals surface area (Å²) in [6.45, 7) is 4.73. The second-order valence-electron chi connectivity index (χ2n) is 11.9. The van der Waals surface area contributed by atoms with Gasteiger partial charge in [-0.1, -0.05) is 42.6 Å². The maximum absolute atomic E-state index is 12.8. The van der Waals surface area contributed by atoms with Gasteiger partial charge in [0.2, 0.25) is 5.79 Å². The van der Waals surface area contributed by atoms with E-state index in [0.717, 1.165) is 73.9 Å². The molecule has 10 heteroatoms. The van der Waals surface area contributed by atoms with E-state index >= 15 is 0 Å². The molecule has 1 fully saturated rings. The zero-order valence-electron chi connectivity index (χ0n) is 24.9. The Labute approximate surface area is 248 Å². The molecule has 0 bridgehead atoms. The monoisotopic (exact) mass is 582 g/mol. The Kier molecular flexibility index (Phi) is 9.85. The molecule has 230 valence electrons. The molecular formula is C32H46N4O6. The molecule has 0 saturated heterocycles. The molecule has 1 aliphatic heterocycles. The molecule has 10 nitrogen and oxygen atoms in total. The van der Waals surface area contributed by atoms with Crippen molar-refractivity contribution in [2.45, 2.75) is 95.8 Å². The van der Waals surface area contributed by atoms with E-state index in [-0.39, 0.29) is 36.7 Å². The van der Waals surface area contributed by atoms with Crippen molar-refractivity contribution in [3.8, 4) is 11.5 Å². The normalized spacial score (nSPS) is 29.0. The van der Waals surface area contributed by atoms with Crippen LogP contribution in [0.15, 0.2) is 41.2 Å². The smallest absolute Gasteiger partial charge is 0.238 e. The molecule has 1 aromatic carbocycles. The molecule has 5 rings (SSSR count). The highest BCUT2D eigenvalue weighted by molar-refractivity contribution is 6.02. The standard InChI is InChI=1S/C32H46N4O6/c1-3-5-11-22-20-33-35-36(22)29-19-27(34-41-4-2)25-17-21(10-6-8-15-37)24(12-7-9-16-38)30-26-18-23(39)13-14-28(26)42-32(29,40)31(25)30/h13-14,17-18,20-21,24,29-31,37-40H,3-12,15-16,19H2,1-2H3. The Bertz CT molecular complexity index is 1260. The van der Waals surface area contributed by atoms with Gasteiger partial charge in [-0.3, -0.25) is 0 Å². The molecule has 1 saturated carbocycles. The number of aliphatic hydroxyl groups excluding tert-OH is 2. The average molecular weight is 583 g/mol. The maximum Gasteiger partial charge on any atom is 0.238 e. The van der Waals surface area contributed by atoms with E-state index in [1.807, 2.05) is 11.6 Å². The first-order valence-electron chi connectivity index (χ1n) is 15.7. The highest BCUT2D eigenvalue weighted by atomic mass is 16.6. The SMILES string of the molecule is CCCCc1cnnn1C1CC(=NOCC)C2=CC(CCCCO)C(CCCCO)C3c4cc(O)ccc4OC1(O)C23. The Balaban J connectivity index is 1.69. The predicted molar refractivity (Wildman–Crippen MR) is 158 cm³/mol. The largest absolute Gasteiger partial charge is 0.508 e. The van der Waals surface area contributed by atoms with E-state index in [4.69, 9.17) is 9.57 Å². The fourth-order valence-corrected chi connectivity index (χ4v) is 7.42. The van der Waals surface area contributed by atoms with Crippen molar-refractivity contribution < 1.29 is 30.0 Å². The van der Waals surface area contributed by atoms with Crippen molar-refractivity contribution in [3.63, 3.8) is 0 Å². The van der Waals surface area contributed by atoms with Crippen molar-refractivity contribution in [1.29, 1.82) is 0 Å². The summed E-state index contributed by atoms with van der Waals surface area (Å²) in [5.41, 5.74) is 3.50. The molecule has 0 spiro atoms. The minimum Gasteiger partial charge on any atom is -0.508 e. The number of rotatable bonds is 14. The third-order valence-electron chi connectivity index (χ3n) is 9.29. The molecule has 2 aliphatic carbocycles. The molecule has 0 amide bonds. The molecule has 2 heterocycles. The molecule has 2 aromatic rings. The van der Waals surface area contributed by atoms with Gasteiger partial charge in [0.1, 0.15) is 24.1 Å². The molecule has 1 aromatic heterocycles. The number of aromatic nitrogens is 3. The lowest BCUT2D eigenvalue weighted by Gasteiger charge is -2.56. The summed E-state index contributed by atoms with van der Waals surface area (Å²) >= 11 is 0. The average Bonchev–Trinajstić information content (AvgIpc) is 3.45. The van der Waals surface area contributed by atoms with Crippen LogP contribution in [0.1, 0.15) is 94.9 Å². The van der Waals surface area contributed by atoms with Crippen LogP contribution in [0.5, 0.6) is 11.5 Å². The lowest BCUT2D eigenvalue weighted by molar-refractivity contribution is -0.225. The number of nitrogens with zero attached hydrogens (tertiary/aromatic N) is 4. The number of hydrogen-bond donors (Lipinski definition) is 4. The van der Waals surface area contributed by atoms with Gasteiger partial charge in [-0.15, -0.1) is 5.10 Å². The maximum atomic E-state index is 12.8. The van der Waals surface area contributed by atoms with Gasteiger partial charge in [0.05, 0.1) is 23.5 Å². The van der Waals surface area contributed by atoms with Gasteiger partial charge in [0.15, 0.2) is 0 Å². The lowest BCUT2D eigenvalue weighted by Crippen LogP contribution is -2.62. The number of aryl methyl sites for hydroxylation is 1. The zero-order valence-corrected chi connectivity index (χ0v) is 24.9.